The number of ether oxygens (including phenoxy) is 1. The Bertz CT molecular complexity index is 272. The first-order chi connectivity index (χ1) is 8.92. The molecule has 19 heavy (non-hydrogen) atoms. The molecular formula is C15H30N2O2. The lowest BCUT2D eigenvalue weighted by atomic mass is 9.99. The summed E-state index contributed by atoms with van der Waals surface area (Å²) in [5.74, 6) is 0. The molecule has 0 aromatic carbocycles. The summed E-state index contributed by atoms with van der Waals surface area (Å²) >= 11 is 0. The van der Waals surface area contributed by atoms with Crippen molar-refractivity contribution in [2.75, 3.05) is 19.6 Å². The molecule has 1 unspecified atom stereocenters. The third-order valence-corrected chi connectivity index (χ3v) is 3.41. The number of hydrogen-bond donors (Lipinski definition) is 1. The Morgan fingerprint density at radius 1 is 1.37 bits per heavy atom. The topological polar surface area (TPSA) is 41.6 Å². The Hall–Kier alpha value is -0.770. The van der Waals surface area contributed by atoms with Gasteiger partial charge >= 0.3 is 6.09 Å². The Morgan fingerprint density at radius 2 is 2.11 bits per heavy atom. The molecule has 1 atom stereocenters. The molecule has 4 heteroatoms. The standard InChI is InChI=1S/C15H30N2O2/c1-5-11-17-12-7-6-8-13(17)9-10-16-14(18)19-15(2,3)4/h13H,5-12H2,1-4H3,(H,16,18). The number of carbonyl (C=O) groups excluding carboxylic acids is 1. The van der Waals surface area contributed by atoms with Gasteiger partial charge < -0.3 is 15.0 Å². The van der Waals surface area contributed by atoms with E-state index in [0.29, 0.717) is 12.6 Å². The van der Waals surface area contributed by atoms with Crippen molar-refractivity contribution in [3.05, 3.63) is 0 Å². The van der Waals surface area contributed by atoms with Crippen LogP contribution in [-0.4, -0.2) is 42.3 Å². The van der Waals surface area contributed by atoms with Gasteiger partial charge in [0.15, 0.2) is 0 Å². The minimum atomic E-state index is -0.414. The van der Waals surface area contributed by atoms with Crippen LogP contribution in [0.5, 0.6) is 0 Å². The van der Waals surface area contributed by atoms with Gasteiger partial charge in [0.2, 0.25) is 0 Å². The van der Waals surface area contributed by atoms with Gasteiger partial charge in [0.1, 0.15) is 5.60 Å². The highest BCUT2D eigenvalue weighted by Crippen LogP contribution is 2.19. The van der Waals surface area contributed by atoms with Crippen molar-refractivity contribution in [3.8, 4) is 0 Å². The van der Waals surface area contributed by atoms with Crippen LogP contribution in [0.25, 0.3) is 0 Å². The molecule has 1 amide bonds. The van der Waals surface area contributed by atoms with Gasteiger partial charge in [-0.2, -0.15) is 0 Å². The van der Waals surface area contributed by atoms with Crippen LogP contribution in [0.4, 0.5) is 4.79 Å². The Balaban J connectivity index is 2.25. The highest BCUT2D eigenvalue weighted by atomic mass is 16.6. The van der Waals surface area contributed by atoms with Crippen LogP contribution in [-0.2, 0) is 4.74 Å². The molecule has 0 bridgehead atoms. The van der Waals surface area contributed by atoms with Crippen molar-refractivity contribution >= 4 is 6.09 Å². The molecule has 1 rings (SSSR count). The highest BCUT2D eigenvalue weighted by Gasteiger charge is 2.22. The first kappa shape index (κ1) is 16.3. The average molecular weight is 270 g/mol. The third-order valence-electron chi connectivity index (χ3n) is 3.41. The van der Waals surface area contributed by atoms with E-state index in [0.717, 1.165) is 6.42 Å². The van der Waals surface area contributed by atoms with Gasteiger partial charge in [0.25, 0.3) is 0 Å². The molecule has 1 aliphatic rings. The van der Waals surface area contributed by atoms with Crippen LogP contribution < -0.4 is 5.32 Å². The quantitative estimate of drug-likeness (QED) is 0.834. The van der Waals surface area contributed by atoms with Crippen LogP contribution in [0.3, 0.4) is 0 Å². The molecule has 1 N–H and O–H groups in total. The predicted molar refractivity (Wildman–Crippen MR) is 78.4 cm³/mol. The van der Waals surface area contributed by atoms with Gasteiger partial charge in [-0.3, -0.25) is 0 Å². The van der Waals surface area contributed by atoms with Crippen LogP contribution >= 0.6 is 0 Å². The minimum absolute atomic E-state index is 0.301. The lowest BCUT2D eigenvalue weighted by Crippen LogP contribution is -2.42. The Kier molecular flexibility index (Phi) is 6.63. The molecule has 0 aromatic rings. The van der Waals surface area contributed by atoms with E-state index in [9.17, 15) is 4.79 Å². The zero-order valence-corrected chi connectivity index (χ0v) is 13.0. The molecule has 0 aromatic heterocycles. The number of amides is 1. The van der Waals surface area contributed by atoms with Gasteiger partial charge in [-0.25, -0.2) is 4.79 Å². The van der Waals surface area contributed by atoms with Crippen molar-refractivity contribution in [3.63, 3.8) is 0 Å². The summed E-state index contributed by atoms with van der Waals surface area (Å²) in [6, 6.07) is 0.628. The first-order valence-corrected chi connectivity index (χ1v) is 7.63. The number of alkyl carbamates (subject to hydrolysis) is 1. The van der Waals surface area contributed by atoms with Crippen LogP contribution in [0.15, 0.2) is 0 Å². The molecule has 1 heterocycles. The lowest BCUT2D eigenvalue weighted by Gasteiger charge is -2.35. The normalized spacial score (nSPS) is 21.2. The molecule has 0 saturated carbocycles. The fraction of sp³-hybridized carbons (Fsp3) is 0.933. The second-order valence-corrected chi connectivity index (χ2v) is 6.40. The summed E-state index contributed by atoms with van der Waals surface area (Å²) < 4.78 is 5.24. The van der Waals surface area contributed by atoms with Gasteiger partial charge in [0, 0.05) is 12.6 Å². The molecule has 112 valence electrons. The third kappa shape index (κ3) is 6.81. The highest BCUT2D eigenvalue weighted by molar-refractivity contribution is 5.67. The van der Waals surface area contributed by atoms with Gasteiger partial charge in [-0.15, -0.1) is 0 Å². The molecule has 0 aliphatic carbocycles. The number of carbonyl (C=O) groups is 1. The summed E-state index contributed by atoms with van der Waals surface area (Å²) in [7, 11) is 0. The summed E-state index contributed by atoms with van der Waals surface area (Å²) in [4.78, 5) is 14.1. The van der Waals surface area contributed by atoms with Crippen molar-refractivity contribution in [1.29, 1.82) is 0 Å². The summed E-state index contributed by atoms with van der Waals surface area (Å²) in [5, 5.41) is 2.86. The summed E-state index contributed by atoms with van der Waals surface area (Å²) in [6.07, 6.45) is 5.82. The second kappa shape index (κ2) is 7.73. The molecular weight excluding hydrogens is 240 g/mol. The second-order valence-electron chi connectivity index (χ2n) is 6.40. The molecule has 1 saturated heterocycles. The van der Waals surface area contributed by atoms with Gasteiger partial charge in [-0.1, -0.05) is 13.3 Å². The van der Waals surface area contributed by atoms with Crippen LogP contribution in [0.2, 0.25) is 0 Å². The maximum atomic E-state index is 11.6. The minimum Gasteiger partial charge on any atom is -0.444 e. The smallest absolute Gasteiger partial charge is 0.407 e. The Morgan fingerprint density at radius 3 is 2.74 bits per heavy atom. The maximum Gasteiger partial charge on any atom is 0.407 e. The first-order valence-electron chi connectivity index (χ1n) is 7.63. The van der Waals surface area contributed by atoms with E-state index < -0.39 is 5.60 Å². The van der Waals surface area contributed by atoms with Gasteiger partial charge in [-0.05, 0) is 59.5 Å². The molecule has 1 aliphatic heterocycles. The monoisotopic (exact) mass is 270 g/mol. The SMILES string of the molecule is CCCN1CCCCC1CCNC(=O)OC(C)(C)C. The van der Waals surface area contributed by atoms with Crippen molar-refractivity contribution in [1.82, 2.24) is 10.2 Å². The number of hydrogen-bond acceptors (Lipinski definition) is 3. The molecule has 1 fully saturated rings. The lowest BCUT2D eigenvalue weighted by molar-refractivity contribution is 0.0518. The van der Waals surface area contributed by atoms with E-state index in [4.69, 9.17) is 4.74 Å². The van der Waals surface area contributed by atoms with Crippen molar-refractivity contribution < 1.29 is 9.53 Å². The zero-order chi connectivity index (χ0) is 14.3. The predicted octanol–water partition coefficient (Wildman–Crippen LogP) is 3.17. The van der Waals surface area contributed by atoms with Crippen molar-refractivity contribution in [2.45, 2.75) is 71.4 Å². The molecule has 0 spiro atoms. The van der Waals surface area contributed by atoms with Crippen LogP contribution in [0.1, 0.15) is 59.8 Å². The Labute approximate surface area is 117 Å². The largest absolute Gasteiger partial charge is 0.444 e. The summed E-state index contributed by atoms with van der Waals surface area (Å²) in [5.41, 5.74) is -0.414. The molecule has 0 radical (unpaired) electrons. The van der Waals surface area contributed by atoms with E-state index in [1.807, 2.05) is 20.8 Å². The number of nitrogens with zero attached hydrogens (tertiary/aromatic N) is 1. The van der Waals surface area contributed by atoms with E-state index in [1.165, 1.54) is 38.8 Å². The van der Waals surface area contributed by atoms with Crippen LogP contribution in [0, 0.1) is 0 Å². The van der Waals surface area contributed by atoms with E-state index in [1.54, 1.807) is 0 Å². The number of piperidine rings is 1. The number of nitrogens with one attached hydrogen (secondary N) is 1. The van der Waals surface area contributed by atoms with E-state index in [2.05, 4.69) is 17.1 Å². The average Bonchev–Trinajstić information content (AvgIpc) is 2.29. The molecule has 4 nitrogen and oxygen atoms in total. The fourth-order valence-electron chi connectivity index (χ4n) is 2.62. The van der Waals surface area contributed by atoms with E-state index in [-0.39, 0.29) is 6.09 Å². The maximum absolute atomic E-state index is 11.6. The zero-order valence-electron chi connectivity index (χ0n) is 13.0. The number of likely N-dealkylation sites (tertiary alicyclic amines) is 1. The summed E-state index contributed by atoms with van der Waals surface area (Å²) in [6.45, 7) is 11.0. The number of rotatable bonds is 5. The van der Waals surface area contributed by atoms with E-state index >= 15 is 0 Å². The van der Waals surface area contributed by atoms with Gasteiger partial charge in [0.05, 0.1) is 0 Å². The van der Waals surface area contributed by atoms with Crippen molar-refractivity contribution in [2.24, 2.45) is 0 Å². The fourth-order valence-corrected chi connectivity index (χ4v) is 2.62.